The maximum absolute atomic E-state index is 11.7. The highest BCUT2D eigenvalue weighted by molar-refractivity contribution is 5.79. The molecule has 0 saturated heterocycles. The molecule has 0 heterocycles. The van der Waals surface area contributed by atoms with E-state index >= 15 is 0 Å². The molecule has 1 aliphatic rings. The predicted molar refractivity (Wildman–Crippen MR) is 63.0 cm³/mol. The minimum atomic E-state index is -1.30. The van der Waals surface area contributed by atoms with E-state index in [-0.39, 0.29) is 5.92 Å². The van der Waals surface area contributed by atoms with E-state index in [1.165, 1.54) is 6.42 Å². The maximum Gasteiger partial charge on any atom is 0.338 e. The summed E-state index contributed by atoms with van der Waals surface area (Å²) in [6.45, 7) is 5.88. The highest BCUT2D eigenvalue weighted by Crippen LogP contribution is 2.37. The van der Waals surface area contributed by atoms with Gasteiger partial charge in [-0.3, -0.25) is 0 Å². The fourth-order valence-electron chi connectivity index (χ4n) is 2.62. The minimum absolute atomic E-state index is 0.0604. The van der Waals surface area contributed by atoms with Crippen LogP contribution in [-0.4, -0.2) is 23.3 Å². The van der Waals surface area contributed by atoms with Crippen molar-refractivity contribution in [2.75, 3.05) is 6.61 Å². The Kier molecular flexibility index (Phi) is 4.78. The quantitative estimate of drug-likeness (QED) is 0.752. The number of esters is 1. The Bertz CT molecular complexity index is 235. The fourth-order valence-corrected chi connectivity index (χ4v) is 2.62. The molecule has 0 spiro atoms. The number of hydrogen-bond acceptors (Lipinski definition) is 3. The van der Waals surface area contributed by atoms with Gasteiger partial charge in [-0.2, -0.15) is 0 Å². The van der Waals surface area contributed by atoms with Gasteiger partial charge in [0.25, 0.3) is 0 Å². The highest BCUT2D eigenvalue weighted by Gasteiger charge is 2.42. The minimum Gasteiger partial charge on any atom is -0.464 e. The standard InChI is InChI=1S/C13H24O3/c1-4-10-7-6-8-11(9-10)13(3,15)12(14)16-5-2/h10-11,15H,4-9H2,1-3H3. The van der Waals surface area contributed by atoms with Crippen molar-refractivity contribution in [2.24, 2.45) is 11.8 Å². The van der Waals surface area contributed by atoms with Crippen molar-refractivity contribution < 1.29 is 14.6 Å². The molecule has 3 heteroatoms. The molecule has 1 rings (SSSR count). The van der Waals surface area contributed by atoms with E-state index in [1.807, 2.05) is 0 Å². The van der Waals surface area contributed by atoms with Crippen LogP contribution in [0.15, 0.2) is 0 Å². The van der Waals surface area contributed by atoms with Crippen LogP contribution in [-0.2, 0) is 9.53 Å². The van der Waals surface area contributed by atoms with Gasteiger partial charge in [0.15, 0.2) is 5.60 Å². The van der Waals surface area contributed by atoms with E-state index in [0.29, 0.717) is 12.5 Å². The van der Waals surface area contributed by atoms with Gasteiger partial charge in [0, 0.05) is 0 Å². The van der Waals surface area contributed by atoms with Crippen LogP contribution in [0.25, 0.3) is 0 Å². The van der Waals surface area contributed by atoms with Gasteiger partial charge in [0.05, 0.1) is 6.61 Å². The Morgan fingerprint density at radius 2 is 2.12 bits per heavy atom. The zero-order valence-electron chi connectivity index (χ0n) is 10.7. The van der Waals surface area contributed by atoms with Crippen molar-refractivity contribution in [1.82, 2.24) is 0 Å². The first-order valence-electron chi connectivity index (χ1n) is 6.41. The second kappa shape index (κ2) is 5.67. The van der Waals surface area contributed by atoms with Gasteiger partial charge in [0.1, 0.15) is 0 Å². The molecule has 0 aromatic carbocycles. The SMILES string of the molecule is CCOC(=O)C(C)(O)C1CCCC(CC)C1. The molecule has 3 unspecified atom stereocenters. The second-order valence-corrected chi connectivity index (χ2v) is 5.01. The molecule has 16 heavy (non-hydrogen) atoms. The first-order valence-corrected chi connectivity index (χ1v) is 6.41. The lowest BCUT2D eigenvalue weighted by atomic mass is 9.72. The molecular formula is C13H24O3. The molecular weight excluding hydrogens is 204 g/mol. The summed E-state index contributed by atoms with van der Waals surface area (Å²) >= 11 is 0. The maximum atomic E-state index is 11.7. The van der Waals surface area contributed by atoms with Gasteiger partial charge in [-0.1, -0.05) is 26.2 Å². The Hall–Kier alpha value is -0.570. The van der Waals surface area contributed by atoms with Crippen molar-refractivity contribution >= 4 is 5.97 Å². The Balaban J connectivity index is 2.63. The lowest BCUT2D eigenvalue weighted by Crippen LogP contribution is -2.46. The van der Waals surface area contributed by atoms with Gasteiger partial charge in [0.2, 0.25) is 0 Å². The monoisotopic (exact) mass is 228 g/mol. The molecule has 0 radical (unpaired) electrons. The predicted octanol–water partition coefficient (Wildman–Crippen LogP) is 2.52. The first kappa shape index (κ1) is 13.5. The number of ether oxygens (including phenoxy) is 1. The van der Waals surface area contributed by atoms with E-state index in [0.717, 1.165) is 25.7 Å². The molecule has 1 saturated carbocycles. The molecule has 94 valence electrons. The summed E-state index contributed by atoms with van der Waals surface area (Å²) in [5.41, 5.74) is -1.30. The lowest BCUT2D eigenvalue weighted by Gasteiger charge is -2.36. The van der Waals surface area contributed by atoms with Crippen molar-refractivity contribution in [3.63, 3.8) is 0 Å². The lowest BCUT2D eigenvalue weighted by molar-refractivity contribution is -0.171. The molecule has 0 aromatic rings. The molecule has 0 amide bonds. The molecule has 1 N–H and O–H groups in total. The number of aliphatic hydroxyl groups is 1. The van der Waals surface area contributed by atoms with Gasteiger partial charge < -0.3 is 9.84 Å². The largest absolute Gasteiger partial charge is 0.464 e. The third-order valence-electron chi connectivity index (χ3n) is 3.84. The van der Waals surface area contributed by atoms with Crippen LogP contribution < -0.4 is 0 Å². The van der Waals surface area contributed by atoms with Crippen molar-refractivity contribution in [3.8, 4) is 0 Å². The zero-order chi connectivity index (χ0) is 12.2. The van der Waals surface area contributed by atoms with E-state index in [2.05, 4.69) is 6.92 Å². The molecule has 0 aliphatic heterocycles. The van der Waals surface area contributed by atoms with Crippen LogP contribution in [0.3, 0.4) is 0 Å². The van der Waals surface area contributed by atoms with Crippen LogP contribution in [0.2, 0.25) is 0 Å². The first-order chi connectivity index (χ1) is 7.52. The summed E-state index contributed by atoms with van der Waals surface area (Å²) in [5.74, 6) is 0.252. The van der Waals surface area contributed by atoms with Crippen LogP contribution >= 0.6 is 0 Å². The molecule has 0 aromatic heterocycles. The molecule has 0 bridgehead atoms. The van der Waals surface area contributed by atoms with Crippen LogP contribution in [0.4, 0.5) is 0 Å². The summed E-state index contributed by atoms with van der Waals surface area (Å²) < 4.78 is 4.94. The third kappa shape index (κ3) is 2.97. The number of hydrogen-bond donors (Lipinski definition) is 1. The van der Waals surface area contributed by atoms with Crippen LogP contribution in [0, 0.1) is 11.8 Å². The summed E-state index contributed by atoms with van der Waals surface area (Å²) in [5, 5.41) is 10.3. The van der Waals surface area contributed by atoms with Crippen molar-refractivity contribution in [1.29, 1.82) is 0 Å². The summed E-state index contributed by atoms with van der Waals surface area (Å²) in [6, 6.07) is 0. The van der Waals surface area contributed by atoms with Gasteiger partial charge >= 0.3 is 5.97 Å². The Morgan fingerprint density at radius 3 is 2.69 bits per heavy atom. The summed E-state index contributed by atoms with van der Waals surface area (Å²) in [4.78, 5) is 11.7. The molecule has 1 aliphatic carbocycles. The fraction of sp³-hybridized carbons (Fsp3) is 0.923. The zero-order valence-corrected chi connectivity index (χ0v) is 10.7. The average Bonchev–Trinajstić information content (AvgIpc) is 2.29. The van der Waals surface area contributed by atoms with E-state index in [9.17, 15) is 9.90 Å². The van der Waals surface area contributed by atoms with Crippen molar-refractivity contribution in [3.05, 3.63) is 0 Å². The van der Waals surface area contributed by atoms with Gasteiger partial charge in [-0.05, 0) is 38.5 Å². The molecule has 1 fully saturated rings. The van der Waals surface area contributed by atoms with Gasteiger partial charge in [-0.15, -0.1) is 0 Å². The smallest absolute Gasteiger partial charge is 0.338 e. The molecule has 3 atom stereocenters. The van der Waals surface area contributed by atoms with E-state index < -0.39 is 11.6 Å². The number of rotatable bonds is 4. The number of carbonyl (C=O) groups is 1. The van der Waals surface area contributed by atoms with Crippen LogP contribution in [0.1, 0.15) is 52.9 Å². The summed E-state index contributed by atoms with van der Waals surface area (Å²) in [7, 11) is 0. The normalized spacial score (nSPS) is 29.5. The average molecular weight is 228 g/mol. The topological polar surface area (TPSA) is 46.5 Å². The third-order valence-corrected chi connectivity index (χ3v) is 3.84. The summed E-state index contributed by atoms with van der Waals surface area (Å²) in [6.07, 6.45) is 5.35. The van der Waals surface area contributed by atoms with Crippen LogP contribution in [0.5, 0.6) is 0 Å². The van der Waals surface area contributed by atoms with E-state index in [1.54, 1.807) is 13.8 Å². The molecule has 3 nitrogen and oxygen atoms in total. The Morgan fingerprint density at radius 1 is 1.44 bits per heavy atom. The van der Waals surface area contributed by atoms with E-state index in [4.69, 9.17) is 4.74 Å². The Labute approximate surface area is 98.2 Å². The number of carbonyl (C=O) groups excluding carboxylic acids is 1. The van der Waals surface area contributed by atoms with Gasteiger partial charge in [-0.25, -0.2) is 4.79 Å². The van der Waals surface area contributed by atoms with Crippen molar-refractivity contribution in [2.45, 2.75) is 58.5 Å². The highest BCUT2D eigenvalue weighted by atomic mass is 16.5. The second-order valence-electron chi connectivity index (χ2n) is 5.01.